The number of ether oxygens (including phenoxy) is 3. The first-order valence-corrected chi connectivity index (χ1v) is 15.1. The Hall–Kier alpha value is -3.65. The number of hydrogen-bond donors (Lipinski definition) is 1. The highest BCUT2D eigenvalue weighted by Crippen LogP contribution is 2.33. The minimum absolute atomic E-state index is 0.0139. The van der Waals surface area contributed by atoms with Gasteiger partial charge in [0.05, 0.1) is 18.6 Å². The average Bonchev–Trinajstić information content (AvgIpc) is 3.45. The zero-order chi connectivity index (χ0) is 30.3. The van der Waals surface area contributed by atoms with E-state index in [0.717, 1.165) is 39.8 Å². The fourth-order valence-corrected chi connectivity index (χ4v) is 4.64. The SMILES string of the molecule is CC.CCCCCCCOc1ccc(-c2cnc(-c3ccc(/C=C(\NC(=O)OC(C)(C)C)C(=O)OC)cc3)s2)cc1. The Morgan fingerprint density at radius 1 is 0.927 bits per heavy atom. The first-order chi connectivity index (χ1) is 19.7. The smallest absolute Gasteiger partial charge is 0.412 e. The molecule has 0 aliphatic heterocycles. The lowest BCUT2D eigenvalue weighted by Crippen LogP contribution is -2.34. The van der Waals surface area contributed by atoms with Crippen LogP contribution in [0.4, 0.5) is 4.79 Å². The quantitative estimate of drug-likeness (QED) is 0.131. The van der Waals surface area contributed by atoms with E-state index in [9.17, 15) is 9.59 Å². The number of unbranched alkanes of at least 4 members (excludes halogenated alkanes) is 4. The van der Waals surface area contributed by atoms with Crippen molar-refractivity contribution >= 4 is 29.5 Å². The van der Waals surface area contributed by atoms with E-state index in [-0.39, 0.29) is 5.70 Å². The maximum atomic E-state index is 12.2. The van der Waals surface area contributed by atoms with Crippen LogP contribution in [-0.4, -0.2) is 36.4 Å². The number of benzene rings is 2. The zero-order valence-electron chi connectivity index (χ0n) is 25.4. The zero-order valence-corrected chi connectivity index (χ0v) is 26.2. The van der Waals surface area contributed by atoms with Crippen LogP contribution in [0.2, 0.25) is 0 Å². The van der Waals surface area contributed by atoms with Crippen LogP contribution >= 0.6 is 11.3 Å². The second-order valence-electron chi connectivity index (χ2n) is 10.1. The second kappa shape index (κ2) is 17.2. The molecule has 0 aliphatic rings. The number of nitrogens with zero attached hydrogens (tertiary/aromatic N) is 1. The van der Waals surface area contributed by atoms with Gasteiger partial charge >= 0.3 is 12.1 Å². The monoisotopic (exact) mass is 580 g/mol. The number of methoxy groups -OCH3 is 1. The highest BCUT2D eigenvalue weighted by Gasteiger charge is 2.20. The summed E-state index contributed by atoms with van der Waals surface area (Å²) in [4.78, 5) is 30.0. The van der Waals surface area contributed by atoms with Crippen molar-refractivity contribution in [2.45, 2.75) is 79.2 Å². The minimum atomic E-state index is -0.729. The molecule has 1 aromatic heterocycles. The van der Waals surface area contributed by atoms with Gasteiger partial charge in [0.1, 0.15) is 22.1 Å². The molecule has 0 atom stereocenters. The van der Waals surface area contributed by atoms with Crippen molar-refractivity contribution in [2.75, 3.05) is 13.7 Å². The molecule has 0 spiro atoms. The Bertz CT molecular complexity index is 1240. The van der Waals surface area contributed by atoms with E-state index in [2.05, 4.69) is 29.4 Å². The molecule has 3 rings (SSSR count). The molecule has 1 N–H and O–H groups in total. The van der Waals surface area contributed by atoms with Gasteiger partial charge in [0.25, 0.3) is 0 Å². The third-order valence-corrected chi connectivity index (χ3v) is 6.77. The van der Waals surface area contributed by atoms with Crippen molar-refractivity contribution in [1.29, 1.82) is 0 Å². The van der Waals surface area contributed by atoms with E-state index < -0.39 is 17.7 Å². The number of carbonyl (C=O) groups is 2. The number of esters is 1. The molecule has 0 saturated heterocycles. The summed E-state index contributed by atoms with van der Waals surface area (Å²) in [6, 6.07) is 15.7. The molecule has 1 amide bonds. The molecular weight excluding hydrogens is 536 g/mol. The number of nitrogens with one attached hydrogen (secondary N) is 1. The fraction of sp³-hybridized carbons (Fsp3) is 0.424. The molecule has 41 heavy (non-hydrogen) atoms. The van der Waals surface area contributed by atoms with Gasteiger partial charge in [0.2, 0.25) is 0 Å². The maximum absolute atomic E-state index is 12.2. The lowest BCUT2D eigenvalue weighted by atomic mass is 10.1. The van der Waals surface area contributed by atoms with Crippen molar-refractivity contribution < 1.29 is 23.8 Å². The van der Waals surface area contributed by atoms with Gasteiger partial charge in [-0.2, -0.15) is 0 Å². The Labute approximate surface area is 249 Å². The summed E-state index contributed by atoms with van der Waals surface area (Å²) in [5.74, 6) is 0.216. The third-order valence-electron chi connectivity index (χ3n) is 5.67. The molecule has 7 nitrogen and oxygen atoms in total. The summed E-state index contributed by atoms with van der Waals surface area (Å²) in [5.41, 5.74) is 2.05. The highest BCUT2D eigenvalue weighted by molar-refractivity contribution is 7.18. The van der Waals surface area contributed by atoms with Gasteiger partial charge < -0.3 is 14.2 Å². The van der Waals surface area contributed by atoms with Gasteiger partial charge in [-0.3, -0.25) is 5.32 Å². The number of rotatable bonds is 12. The predicted molar refractivity (Wildman–Crippen MR) is 168 cm³/mol. The molecule has 0 radical (unpaired) electrons. The summed E-state index contributed by atoms with van der Waals surface area (Å²) in [5, 5.41) is 3.35. The molecule has 0 aliphatic carbocycles. The predicted octanol–water partition coefficient (Wildman–Crippen LogP) is 8.89. The summed E-state index contributed by atoms with van der Waals surface area (Å²) >= 11 is 1.60. The van der Waals surface area contributed by atoms with Crippen LogP contribution in [0.15, 0.2) is 60.4 Å². The molecule has 0 bridgehead atoms. The molecule has 3 aromatic rings. The normalized spacial score (nSPS) is 11.2. The summed E-state index contributed by atoms with van der Waals surface area (Å²) < 4.78 is 15.9. The topological polar surface area (TPSA) is 86.8 Å². The maximum Gasteiger partial charge on any atom is 0.412 e. The summed E-state index contributed by atoms with van der Waals surface area (Å²) in [6.07, 6.45) is 8.78. The molecule has 1 heterocycles. The number of alkyl carbamates (subject to hydrolysis) is 1. The molecule has 8 heteroatoms. The van der Waals surface area contributed by atoms with E-state index >= 15 is 0 Å². The molecule has 2 aromatic carbocycles. The van der Waals surface area contributed by atoms with E-state index in [1.807, 2.05) is 56.4 Å². The Balaban J connectivity index is 0.00000287. The van der Waals surface area contributed by atoms with Gasteiger partial charge in [-0.1, -0.05) is 70.7 Å². The highest BCUT2D eigenvalue weighted by atomic mass is 32.1. The van der Waals surface area contributed by atoms with Crippen LogP contribution in [0.5, 0.6) is 5.75 Å². The van der Waals surface area contributed by atoms with E-state index in [1.54, 1.807) is 38.2 Å². The number of carbonyl (C=O) groups excluding carboxylic acids is 2. The minimum Gasteiger partial charge on any atom is -0.494 e. The molecule has 222 valence electrons. The number of hydrogen-bond acceptors (Lipinski definition) is 7. The third kappa shape index (κ3) is 11.8. The van der Waals surface area contributed by atoms with Gasteiger partial charge in [-0.25, -0.2) is 14.6 Å². The van der Waals surface area contributed by atoms with Gasteiger partial charge in [-0.05, 0) is 68.7 Å². The van der Waals surface area contributed by atoms with Crippen molar-refractivity contribution in [3.8, 4) is 26.8 Å². The van der Waals surface area contributed by atoms with Crippen LogP contribution in [0.3, 0.4) is 0 Å². The summed E-state index contributed by atoms with van der Waals surface area (Å²) in [6.45, 7) is 12.2. The van der Waals surface area contributed by atoms with Gasteiger partial charge in [-0.15, -0.1) is 11.3 Å². The Morgan fingerprint density at radius 3 is 2.17 bits per heavy atom. The van der Waals surface area contributed by atoms with Crippen molar-refractivity contribution in [3.05, 3.63) is 66.0 Å². The van der Waals surface area contributed by atoms with Crippen LogP contribution in [-0.2, 0) is 14.3 Å². The van der Waals surface area contributed by atoms with Crippen LogP contribution in [0, 0.1) is 0 Å². The largest absolute Gasteiger partial charge is 0.494 e. The lowest BCUT2D eigenvalue weighted by Gasteiger charge is -2.20. The fourth-order valence-electron chi connectivity index (χ4n) is 3.71. The Kier molecular flexibility index (Phi) is 14.1. The molecule has 0 unspecified atom stereocenters. The first-order valence-electron chi connectivity index (χ1n) is 14.3. The van der Waals surface area contributed by atoms with Crippen molar-refractivity contribution in [3.63, 3.8) is 0 Å². The number of thiazole rings is 1. The first kappa shape index (κ1) is 33.6. The molecular formula is C33H44N2O5S. The summed E-state index contributed by atoms with van der Waals surface area (Å²) in [7, 11) is 1.26. The van der Waals surface area contributed by atoms with Crippen molar-refractivity contribution in [1.82, 2.24) is 10.3 Å². The average molecular weight is 581 g/mol. The van der Waals surface area contributed by atoms with E-state index in [4.69, 9.17) is 14.2 Å². The molecule has 0 fully saturated rings. The van der Waals surface area contributed by atoms with E-state index in [0.29, 0.717) is 5.56 Å². The van der Waals surface area contributed by atoms with Gasteiger partial charge in [0.15, 0.2) is 0 Å². The van der Waals surface area contributed by atoms with Crippen LogP contribution in [0.1, 0.15) is 79.2 Å². The van der Waals surface area contributed by atoms with E-state index in [1.165, 1.54) is 32.8 Å². The number of amides is 1. The molecule has 0 saturated carbocycles. The Morgan fingerprint density at radius 2 is 1.56 bits per heavy atom. The van der Waals surface area contributed by atoms with Gasteiger partial charge in [0, 0.05) is 11.8 Å². The number of aromatic nitrogens is 1. The van der Waals surface area contributed by atoms with Crippen LogP contribution in [0.25, 0.3) is 27.1 Å². The lowest BCUT2D eigenvalue weighted by molar-refractivity contribution is -0.136. The van der Waals surface area contributed by atoms with Crippen molar-refractivity contribution in [2.24, 2.45) is 0 Å². The second-order valence-corrected chi connectivity index (χ2v) is 11.1. The standard InChI is InChI=1S/C31H38N2O5S.C2H6/c1-6-7-8-9-10-19-37-25-17-15-23(16-18-25)27-21-32-28(39-27)24-13-11-22(12-14-24)20-26(29(34)36-5)33-30(35)38-31(2,3)4;1-2/h11-18,20-21H,6-10,19H2,1-5H3,(H,33,35);1-2H3/b26-20-;. The van der Waals surface area contributed by atoms with Crippen LogP contribution < -0.4 is 10.1 Å².